The minimum absolute atomic E-state index is 0.117. The first-order valence-corrected chi connectivity index (χ1v) is 8.21. The number of aliphatic hydroxyl groups is 1. The number of nitrogens with one attached hydrogen (secondary N) is 3. The van der Waals surface area contributed by atoms with Crippen LogP contribution >= 0.6 is 0 Å². The van der Waals surface area contributed by atoms with Gasteiger partial charge in [-0.15, -0.1) is 0 Å². The highest BCUT2D eigenvalue weighted by molar-refractivity contribution is 5.83. The Hall–Kier alpha value is -2.87. The Bertz CT molecular complexity index is 814. The smallest absolute Gasteiger partial charge is 0.315 e. The Kier molecular flexibility index (Phi) is 5.30. The first-order valence-electron chi connectivity index (χ1n) is 8.21. The van der Waals surface area contributed by atoms with Gasteiger partial charge in [0.05, 0.1) is 19.2 Å². The highest BCUT2D eigenvalue weighted by Gasteiger charge is 2.16. The Labute approximate surface area is 145 Å². The molecule has 0 aliphatic rings. The van der Waals surface area contributed by atoms with Crippen molar-refractivity contribution in [3.8, 4) is 0 Å². The molecule has 8 heteroatoms. The molecule has 0 saturated carbocycles. The number of rotatable bonds is 7. The summed E-state index contributed by atoms with van der Waals surface area (Å²) in [5.74, 6) is 0. The van der Waals surface area contributed by atoms with Crippen LogP contribution in [0.1, 0.15) is 12.5 Å². The fourth-order valence-corrected chi connectivity index (χ4v) is 2.83. The zero-order valence-corrected chi connectivity index (χ0v) is 14.0. The third kappa shape index (κ3) is 4.36. The molecule has 2 atom stereocenters. The molecule has 2 aromatic heterocycles. The van der Waals surface area contributed by atoms with Crippen LogP contribution in [0.3, 0.4) is 0 Å². The summed E-state index contributed by atoms with van der Waals surface area (Å²) in [6, 6.07) is 7.17. The van der Waals surface area contributed by atoms with E-state index < -0.39 is 0 Å². The van der Waals surface area contributed by atoms with E-state index in [0.29, 0.717) is 13.0 Å². The maximum absolute atomic E-state index is 12.2. The molecule has 0 radical (unpaired) electrons. The molecule has 0 aliphatic carbocycles. The van der Waals surface area contributed by atoms with Crippen molar-refractivity contribution in [2.24, 2.45) is 0 Å². The molecule has 1 aromatic carbocycles. The second kappa shape index (κ2) is 7.80. The summed E-state index contributed by atoms with van der Waals surface area (Å²) in [4.78, 5) is 19.2. The fraction of sp³-hybridized carbons (Fsp3) is 0.353. The van der Waals surface area contributed by atoms with Crippen molar-refractivity contribution in [2.75, 3.05) is 6.61 Å². The highest BCUT2D eigenvalue weighted by atomic mass is 16.3. The van der Waals surface area contributed by atoms with Crippen LogP contribution in [0.2, 0.25) is 0 Å². The van der Waals surface area contributed by atoms with Crippen LogP contribution in [0.15, 0.2) is 43.1 Å². The standard InChI is InChI=1S/C17H22N6O2/c1-12(8-23-11-18-10-20-23)21-17(25)22-14(9-24)6-13-7-19-16-5-3-2-4-15(13)16/h2-5,7,10-12,14,19,24H,6,8-9H2,1H3,(H2,21,22,25). The first kappa shape index (κ1) is 17.0. The zero-order chi connectivity index (χ0) is 17.6. The third-order valence-electron chi connectivity index (χ3n) is 4.00. The molecule has 0 spiro atoms. The van der Waals surface area contributed by atoms with E-state index >= 15 is 0 Å². The molecule has 25 heavy (non-hydrogen) atoms. The number of aliphatic hydroxyl groups excluding tert-OH is 1. The van der Waals surface area contributed by atoms with Crippen LogP contribution in [-0.2, 0) is 13.0 Å². The largest absolute Gasteiger partial charge is 0.394 e. The summed E-state index contributed by atoms with van der Waals surface area (Å²) < 4.78 is 1.65. The molecule has 0 aliphatic heterocycles. The Morgan fingerprint density at radius 1 is 1.36 bits per heavy atom. The number of nitrogens with zero attached hydrogens (tertiary/aromatic N) is 3. The maximum atomic E-state index is 12.2. The molecule has 2 amide bonds. The van der Waals surface area contributed by atoms with Crippen LogP contribution in [0, 0.1) is 0 Å². The molecule has 8 nitrogen and oxygen atoms in total. The molecule has 0 bridgehead atoms. The van der Waals surface area contributed by atoms with Crippen molar-refractivity contribution in [3.05, 3.63) is 48.7 Å². The van der Waals surface area contributed by atoms with Gasteiger partial charge < -0.3 is 20.7 Å². The molecule has 0 fully saturated rings. The van der Waals surface area contributed by atoms with Gasteiger partial charge in [-0.2, -0.15) is 5.10 Å². The maximum Gasteiger partial charge on any atom is 0.315 e. The molecule has 0 saturated heterocycles. The number of para-hydroxylation sites is 1. The van der Waals surface area contributed by atoms with Gasteiger partial charge in [0.2, 0.25) is 0 Å². The summed E-state index contributed by atoms with van der Waals surface area (Å²) in [5, 5.41) is 20.4. The average Bonchev–Trinajstić information content (AvgIpc) is 3.24. The molecule has 4 N–H and O–H groups in total. The number of H-pyrrole nitrogens is 1. The second-order valence-corrected chi connectivity index (χ2v) is 6.08. The van der Waals surface area contributed by atoms with Crippen molar-refractivity contribution in [2.45, 2.75) is 32.0 Å². The SMILES string of the molecule is CC(Cn1cncn1)NC(=O)NC(CO)Cc1c[nH]c2ccccc12. The summed E-state index contributed by atoms with van der Waals surface area (Å²) in [6.45, 7) is 2.28. The molecule has 2 unspecified atom stereocenters. The van der Waals surface area contributed by atoms with E-state index in [1.165, 1.54) is 6.33 Å². The Balaban J connectivity index is 1.55. The molecule has 3 aromatic rings. The molecular formula is C17H22N6O2. The van der Waals surface area contributed by atoms with E-state index in [0.717, 1.165) is 16.5 Å². The van der Waals surface area contributed by atoms with E-state index in [1.54, 1.807) is 11.0 Å². The summed E-state index contributed by atoms with van der Waals surface area (Å²) >= 11 is 0. The summed E-state index contributed by atoms with van der Waals surface area (Å²) in [6.07, 6.45) is 5.52. The predicted octanol–water partition coefficient (Wildman–Crippen LogP) is 1.05. The Morgan fingerprint density at radius 3 is 2.96 bits per heavy atom. The number of aromatic amines is 1. The third-order valence-corrected chi connectivity index (χ3v) is 4.00. The lowest BCUT2D eigenvalue weighted by Crippen LogP contribution is -2.48. The van der Waals surface area contributed by atoms with E-state index in [1.807, 2.05) is 37.4 Å². The number of hydrogen-bond donors (Lipinski definition) is 4. The first-order chi connectivity index (χ1) is 12.2. The molecule has 3 rings (SSSR count). The van der Waals surface area contributed by atoms with Gasteiger partial charge >= 0.3 is 6.03 Å². The number of carbonyl (C=O) groups excluding carboxylic acids is 1. The van der Waals surface area contributed by atoms with Gasteiger partial charge in [0.15, 0.2) is 0 Å². The summed E-state index contributed by atoms with van der Waals surface area (Å²) in [5.41, 5.74) is 2.10. The number of carbonyl (C=O) groups is 1. The highest BCUT2D eigenvalue weighted by Crippen LogP contribution is 2.18. The van der Waals surface area contributed by atoms with E-state index in [-0.39, 0.29) is 24.7 Å². The van der Waals surface area contributed by atoms with Crippen molar-refractivity contribution < 1.29 is 9.90 Å². The number of benzene rings is 1. The number of amides is 2. The minimum Gasteiger partial charge on any atom is -0.394 e. The van der Waals surface area contributed by atoms with Gasteiger partial charge in [-0.05, 0) is 25.0 Å². The van der Waals surface area contributed by atoms with Gasteiger partial charge in [0.1, 0.15) is 12.7 Å². The van der Waals surface area contributed by atoms with Crippen molar-refractivity contribution in [3.63, 3.8) is 0 Å². The van der Waals surface area contributed by atoms with Gasteiger partial charge in [0.25, 0.3) is 0 Å². The molecule has 132 valence electrons. The number of urea groups is 1. The van der Waals surface area contributed by atoms with Crippen LogP contribution in [0.5, 0.6) is 0 Å². The van der Waals surface area contributed by atoms with Crippen molar-refractivity contribution >= 4 is 16.9 Å². The summed E-state index contributed by atoms with van der Waals surface area (Å²) in [7, 11) is 0. The van der Waals surface area contributed by atoms with E-state index in [9.17, 15) is 9.90 Å². The lowest BCUT2D eigenvalue weighted by molar-refractivity contribution is 0.212. The second-order valence-electron chi connectivity index (χ2n) is 6.08. The van der Waals surface area contributed by atoms with Crippen molar-refractivity contribution in [1.29, 1.82) is 0 Å². The zero-order valence-electron chi connectivity index (χ0n) is 14.0. The fourth-order valence-electron chi connectivity index (χ4n) is 2.83. The Morgan fingerprint density at radius 2 is 2.20 bits per heavy atom. The van der Waals surface area contributed by atoms with Gasteiger partial charge in [-0.25, -0.2) is 9.78 Å². The quantitative estimate of drug-likeness (QED) is 0.515. The predicted molar refractivity (Wildman–Crippen MR) is 94.0 cm³/mol. The van der Waals surface area contributed by atoms with Gasteiger partial charge in [-0.1, -0.05) is 18.2 Å². The number of hydrogen-bond acceptors (Lipinski definition) is 4. The minimum atomic E-state index is -0.363. The lowest BCUT2D eigenvalue weighted by atomic mass is 10.1. The average molecular weight is 342 g/mol. The molecular weight excluding hydrogens is 320 g/mol. The van der Waals surface area contributed by atoms with Crippen molar-refractivity contribution in [1.82, 2.24) is 30.4 Å². The van der Waals surface area contributed by atoms with Crippen LogP contribution in [-0.4, -0.2) is 49.6 Å². The number of fused-ring (bicyclic) bond motifs is 1. The van der Waals surface area contributed by atoms with Gasteiger partial charge in [-0.3, -0.25) is 4.68 Å². The van der Waals surface area contributed by atoms with E-state index in [2.05, 4.69) is 25.7 Å². The topological polar surface area (TPSA) is 108 Å². The van der Waals surface area contributed by atoms with Crippen LogP contribution in [0.25, 0.3) is 10.9 Å². The number of aromatic nitrogens is 4. The van der Waals surface area contributed by atoms with Crippen LogP contribution in [0.4, 0.5) is 4.79 Å². The molecule has 2 heterocycles. The monoisotopic (exact) mass is 342 g/mol. The van der Waals surface area contributed by atoms with Crippen LogP contribution < -0.4 is 10.6 Å². The van der Waals surface area contributed by atoms with E-state index in [4.69, 9.17) is 0 Å². The lowest BCUT2D eigenvalue weighted by Gasteiger charge is -2.19. The normalized spacial score (nSPS) is 13.5. The van der Waals surface area contributed by atoms with Gasteiger partial charge in [0, 0.05) is 23.1 Å².